The summed E-state index contributed by atoms with van der Waals surface area (Å²) < 4.78 is 5.12. The van der Waals surface area contributed by atoms with E-state index < -0.39 is 4.92 Å². The van der Waals surface area contributed by atoms with Gasteiger partial charge >= 0.3 is 0 Å². The van der Waals surface area contributed by atoms with E-state index in [0.29, 0.717) is 11.5 Å². The van der Waals surface area contributed by atoms with Gasteiger partial charge in [0.15, 0.2) is 0 Å². The van der Waals surface area contributed by atoms with Crippen LogP contribution in [0.3, 0.4) is 0 Å². The lowest BCUT2D eigenvalue weighted by molar-refractivity contribution is -0.384. The van der Waals surface area contributed by atoms with Crippen LogP contribution >= 0.6 is 11.8 Å². The fraction of sp³-hybridized carbons (Fsp3) is 0.278. The molecule has 1 amide bonds. The molecule has 0 heterocycles. The van der Waals surface area contributed by atoms with Crippen LogP contribution in [0.2, 0.25) is 0 Å². The number of hydrogen-bond acceptors (Lipinski definition) is 5. The number of hydrogen-bond donors (Lipinski definition) is 1. The van der Waals surface area contributed by atoms with Crippen molar-refractivity contribution >= 4 is 23.4 Å². The molecule has 1 unspecified atom stereocenters. The van der Waals surface area contributed by atoms with Gasteiger partial charge in [-0.15, -0.1) is 11.8 Å². The predicted octanol–water partition coefficient (Wildman–Crippen LogP) is 3.71. The molecule has 25 heavy (non-hydrogen) atoms. The van der Waals surface area contributed by atoms with Gasteiger partial charge in [-0.1, -0.05) is 24.3 Å². The Bertz CT molecular complexity index is 717. The Labute approximate surface area is 150 Å². The number of non-ortho nitro benzene ring substituents is 1. The number of nitro benzene ring substituents is 1. The molecule has 0 bridgehead atoms. The van der Waals surface area contributed by atoms with E-state index in [0.717, 1.165) is 16.9 Å². The van der Waals surface area contributed by atoms with Crippen LogP contribution in [0, 0.1) is 10.1 Å². The van der Waals surface area contributed by atoms with Crippen molar-refractivity contribution in [1.82, 2.24) is 5.32 Å². The maximum atomic E-state index is 12.0. The second-order valence-corrected chi connectivity index (χ2v) is 6.46. The molecule has 0 saturated carbocycles. The molecule has 0 aliphatic rings. The van der Waals surface area contributed by atoms with Gasteiger partial charge in [-0.2, -0.15) is 0 Å². The zero-order valence-corrected chi connectivity index (χ0v) is 14.9. The number of methoxy groups -OCH3 is 1. The minimum Gasteiger partial charge on any atom is -0.497 e. The van der Waals surface area contributed by atoms with E-state index in [1.54, 1.807) is 19.2 Å². The van der Waals surface area contributed by atoms with Crippen LogP contribution in [-0.4, -0.2) is 23.7 Å². The molecule has 0 saturated heterocycles. The van der Waals surface area contributed by atoms with Crippen LogP contribution in [-0.2, 0) is 10.5 Å². The van der Waals surface area contributed by atoms with Crippen LogP contribution in [0.1, 0.15) is 24.1 Å². The van der Waals surface area contributed by atoms with Crippen LogP contribution in [0.25, 0.3) is 0 Å². The van der Waals surface area contributed by atoms with Crippen molar-refractivity contribution in [1.29, 1.82) is 0 Å². The molecule has 0 aliphatic heterocycles. The van der Waals surface area contributed by atoms with Crippen molar-refractivity contribution < 1.29 is 14.5 Å². The topological polar surface area (TPSA) is 81.5 Å². The van der Waals surface area contributed by atoms with Crippen molar-refractivity contribution in [2.24, 2.45) is 0 Å². The first-order chi connectivity index (χ1) is 12.0. The highest BCUT2D eigenvalue weighted by atomic mass is 32.2. The second-order valence-electron chi connectivity index (χ2n) is 5.48. The molecule has 2 aromatic rings. The third-order valence-corrected chi connectivity index (χ3v) is 4.65. The van der Waals surface area contributed by atoms with E-state index in [2.05, 4.69) is 5.32 Å². The molecular formula is C18H20N2O4S. The van der Waals surface area contributed by atoms with Crippen molar-refractivity contribution in [3.05, 3.63) is 69.8 Å². The number of nitrogens with zero attached hydrogens (tertiary/aromatic N) is 1. The highest BCUT2D eigenvalue weighted by Crippen LogP contribution is 2.19. The third-order valence-electron chi connectivity index (χ3n) is 3.64. The Morgan fingerprint density at radius 3 is 2.40 bits per heavy atom. The normalized spacial score (nSPS) is 11.6. The second kappa shape index (κ2) is 9.08. The van der Waals surface area contributed by atoms with E-state index in [4.69, 9.17) is 4.74 Å². The standard InChI is InChI=1S/C18H20N2O4S/c1-13(15-5-9-17(24-2)10-6-15)19-18(21)12-25-11-14-3-7-16(8-4-14)20(22)23/h3-10,13H,11-12H2,1-2H3,(H,19,21). The third kappa shape index (κ3) is 5.79. The number of benzene rings is 2. The zero-order valence-electron chi connectivity index (χ0n) is 14.1. The molecule has 0 aromatic heterocycles. The van der Waals surface area contributed by atoms with Crippen molar-refractivity contribution in [2.75, 3.05) is 12.9 Å². The number of carbonyl (C=O) groups excluding carboxylic acids is 1. The fourth-order valence-electron chi connectivity index (χ4n) is 2.23. The minimum absolute atomic E-state index is 0.0461. The first kappa shape index (κ1) is 18.8. The van der Waals surface area contributed by atoms with Gasteiger partial charge in [0.05, 0.1) is 23.8 Å². The Morgan fingerprint density at radius 2 is 1.84 bits per heavy atom. The van der Waals surface area contributed by atoms with E-state index in [1.165, 1.54) is 23.9 Å². The Balaban J connectivity index is 1.76. The van der Waals surface area contributed by atoms with Gasteiger partial charge in [-0.05, 0) is 30.2 Å². The van der Waals surface area contributed by atoms with Crippen molar-refractivity contribution in [3.8, 4) is 5.75 Å². The molecule has 2 aromatic carbocycles. The smallest absolute Gasteiger partial charge is 0.269 e. The summed E-state index contributed by atoms with van der Waals surface area (Å²) >= 11 is 1.47. The predicted molar refractivity (Wildman–Crippen MR) is 98.8 cm³/mol. The number of amides is 1. The Kier molecular flexibility index (Phi) is 6.82. The summed E-state index contributed by atoms with van der Waals surface area (Å²) in [6.07, 6.45) is 0. The van der Waals surface area contributed by atoms with Crippen LogP contribution in [0.4, 0.5) is 5.69 Å². The number of ether oxygens (including phenoxy) is 1. The van der Waals surface area contributed by atoms with Gasteiger partial charge in [-0.3, -0.25) is 14.9 Å². The number of carbonyl (C=O) groups is 1. The monoisotopic (exact) mass is 360 g/mol. The fourth-order valence-corrected chi connectivity index (χ4v) is 3.03. The van der Waals surface area contributed by atoms with Crippen molar-refractivity contribution in [3.63, 3.8) is 0 Å². The Hall–Kier alpha value is -2.54. The molecule has 0 aliphatic carbocycles. The molecule has 0 spiro atoms. The molecular weight excluding hydrogens is 340 g/mol. The molecule has 0 radical (unpaired) electrons. The first-order valence-corrected chi connectivity index (χ1v) is 8.89. The van der Waals surface area contributed by atoms with E-state index in [9.17, 15) is 14.9 Å². The average molecular weight is 360 g/mol. The first-order valence-electron chi connectivity index (χ1n) is 7.74. The lowest BCUT2D eigenvalue weighted by Gasteiger charge is -2.14. The molecule has 132 valence electrons. The zero-order chi connectivity index (χ0) is 18.2. The minimum atomic E-state index is -0.426. The maximum absolute atomic E-state index is 12.0. The molecule has 1 N–H and O–H groups in total. The SMILES string of the molecule is COc1ccc(C(C)NC(=O)CSCc2ccc([N+](=O)[O-])cc2)cc1. The summed E-state index contributed by atoms with van der Waals surface area (Å²) in [6.45, 7) is 1.93. The summed E-state index contributed by atoms with van der Waals surface area (Å²) in [7, 11) is 1.61. The summed E-state index contributed by atoms with van der Waals surface area (Å²) in [5.74, 6) is 1.69. The summed E-state index contributed by atoms with van der Waals surface area (Å²) in [5.41, 5.74) is 2.03. The lowest BCUT2D eigenvalue weighted by Crippen LogP contribution is -2.28. The maximum Gasteiger partial charge on any atom is 0.269 e. The van der Waals surface area contributed by atoms with Gasteiger partial charge < -0.3 is 10.1 Å². The number of nitro groups is 1. The number of rotatable bonds is 8. The summed E-state index contributed by atoms with van der Waals surface area (Å²) in [6, 6.07) is 13.9. The van der Waals surface area contributed by atoms with E-state index >= 15 is 0 Å². The molecule has 6 nitrogen and oxygen atoms in total. The average Bonchev–Trinajstić information content (AvgIpc) is 2.62. The van der Waals surface area contributed by atoms with Gasteiger partial charge in [0.1, 0.15) is 5.75 Å². The van der Waals surface area contributed by atoms with Crippen LogP contribution < -0.4 is 10.1 Å². The van der Waals surface area contributed by atoms with Crippen LogP contribution in [0.15, 0.2) is 48.5 Å². The lowest BCUT2D eigenvalue weighted by atomic mass is 10.1. The molecule has 0 fully saturated rings. The van der Waals surface area contributed by atoms with E-state index in [-0.39, 0.29) is 17.6 Å². The summed E-state index contributed by atoms with van der Waals surface area (Å²) in [5, 5.41) is 13.6. The van der Waals surface area contributed by atoms with Crippen molar-refractivity contribution in [2.45, 2.75) is 18.7 Å². The molecule has 1 atom stereocenters. The summed E-state index contributed by atoms with van der Waals surface area (Å²) in [4.78, 5) is 22.2. The number of nitrogens with one attached hydrogen (secondary N) is 1. The molecule has 2 rings (SSSR count). The quantitative estimate of drug-likeness (QED) is 0.573. The molecule has 7 heteroatoms. The largest absolute Gasteiger partial charge is 0.497 e. The number of thioether (sulfide) groups is 1. The van der Waals surface area contributed by atoms with Gasteiger partial charge in [-0.25, -0.2) is 0 Å². The van der Waals surface area contributed by atoms with Gasteiger partial charge in [0.25, 0.3) is 5.69 Å². The highest BCUT2D eigenvalue weighted by Gasteiger charge is 2.10. The van der Waals surface area contributed by atoms with Gasteiger partial charge in [0.2, 0.25) is 5.91 Å². The highest BCUT2D eigenvalue weighted by molar-refractivity contribution is 7.99. The van der Waals surface area contributed by atoms with Gasteiger partial charge in [0, 0.05) is 17.9 Å². The van der Waals surface area contributed by atoms with Crippen LogP contribution in [0.5, 0.6) is 5.75 Å². The Morgan fingerprint density at radius 1 is 1.20 bits per heavy atom. The van der Waals surface area contributed by atoms with E-state index in [1.807, 2.05) is 31.2 Å².